The Morgan fingerprint density at radius 3 is 2.09 bits per heavy atom. The van der Waals surface area contributed by atoms with Crippen molar-refractivity contribution in [1.82, 2.24) is 14.1 Å². The average molecular weight is 458 g/mol. The van der Waals surface area contributed by atoms with Crippen LogP contribution in [0, 0.1) is 0 Å². The smallest absolute Gasteiger partial charge is 0.295 e. The monoisotopic (exact) mass is 457 g/mol. The Balaban J connectivity index is 2.10. The molecule has 32 heavy (non-hydrogen) atoms. The number of likely N-dealkylation sites (N-methyl/N-ethyl adjacent to an activating group) is 1. The lowest BCUT2D eigenvalue weighted by Crippen LogP contribution is -2.35. The summed E-state index contributed by atoms with van der Waals surface area (Å²) in [6.45, 7) is 0.863. The van der Waals surface area contributed by atoms with Gasteiger partial charge in [-0.15, -0.1) is 0 Å². The summed E-state index contributed by atoms with van der Waals surface area (Å²) >= 11 is 0. The maximum Gasteiger partial charge on any atom is 0.295 e. The second-order valence-corrected chi connectivity index (χ2v) is 10.2. The minimum atomic E-state index is -3.63. The Hall–Kier alpha value is -3.01. The lowest BCUT2D eigenvalue weighted by Gasteiger charge is -2.26. The van der Waals surface area contributed by atoms with Crippen molar-refractivity contribution in [2.24, 2.45) is 0 Å². The Labute approximate surface area is 188 Å². The molecule has 1 N–H and O–H groups in total. The van der Waals surface area contributed by atoms with Crippen LogP contribution < -0.4 is 0 Å². The van der Waals surface area contributed by atoms with Gasteiger partial charge in [-0.05, 0) is 43.9 Å². The summed E-state index contributed by atoms with van der Waals surface area (Å²) in [4.78, 5) is 29.2. The first-order valence-corrected chi connectivity index (χ1v) is 11.5. The van der Waals surface area contributed by atoms with Gasteiger partial charge >= 0.3 is 0 Å². The van der Waals surface area contributed by atoms with Crippen LogP contribution >= 0.6 is 0 Å². The van der Waals surface area contributed by atoms with E-state index in [2.05, 4.69) is 0 Å². The minimum absolute atomic E-state index is 0.0110. The fraction of sp³-hybridized carbons (Fsp3) is 0.304. The predicted molar refractivity (Wildman–Crippen MR) is 121 cm³/mol. The van der Waals surface area contributed by atoms with E-state index < -0.39 is 27.8 Å². The molecule has 1 unspecified atom stereocenters. The zero-order chi connectivity index (χ0) is 23.6. The maximum atomic E-state index is 12.9. The first-order valence-electron chi connectivity index (χ1n) is 10.1. The molecule has 0 spiro atoms. The zero-order valence-electron chi connectivity index (χ0n) is 18.5. The van der Waals surface area contributed by atoms with Crippen LogP contribution in [-0.4, -0.2) is 80.6 Å². The van der Waals surface area contributed by atoms with Crippen molar-refractivity contribution in [2.45, 2.75) is 10.9 Å². The maximum absolute atomic E-state index is 12.9. The van der Waals surface area contributed by atoms with Gasteiger partial charge in [0.15, 0.2) is 0 Å². The van der Waals surface area contributed by atoms with Crippen LogP contribution in [0.4, 0.5) is 0 Å². The van der Waals surface area contributed by atoms with Gasteiger partial charge in [-0.1, -0.05) is 30.3 Å². The van der Waals surface area contributed by atoms with E-state index in [-0.39, 0.29) is 21.8 Å². The quantitative estimate of drug-likeness (QED) is 0.388. The molecule has 0 saturated carbocycles. The second-order valence-electron chi connectivity index (χ2n) is 8.02. The van der Waals surface area contributed by atoms with Gasteiger partial charge < -0.3 is 14.9 Å². The molecular weight excluding hydrogens is 430 g/mol. The number of sulfonamides is 1. The minimum Gasteiger partial charge on any atom is -0.507 e. The third-order valence-corrected chi connectivity index (χ3v) is 7.18. The van der Waals surface area contributed by atoms with Crippen LogP contribution in [0.3, 0.4) is 0 Å². The molecule has 1 aliphatic heterocycles. The third kappa shape index (κ3) is 4.45. The number of aliphatic hydroxyl groups is 1. The van der Waals surface area contributed by atoms with Crippen molar-refractivity contribution in [1.29, 1.82) is 0 Å². The number of rotatable bonds is 7. The summed E-state index contributed by atoms with van der Waals surface area (Å²) < 4.78 is 25.7. The molecule has 9 heteroatoms. The van der Waals surface area contributed by atoms with Crippen molar-refractivity contribution in [3.63, 3.8) is 0 Å². The van der Waals surface area contributed by atoms with Crippen LogP contribution in [0.15, 0.2) is 65.1 Å². The molecule has 0 aliphatic carbocycles. The Kier molecular flexibility index (Phi) is 6.82. The van der Waals surface area contributed by atoms with Gasteiger partial charge in [-0.3, -0.25) is 9.59 Å². The van der Waals surface area contributed by atoms with E-state index >= 15 is 0 Å². The molecule has 8 nitrogen and oxygen atoms in total. The summed E-state index contributed by atoms with van der Waals surface area (Å²) in [5, 5.41) is 11.0. The van der Waals surface area contributed by atoms with Crippen molar-refractivity contribution in [2.75, 3.05) is 41.3 Å². The first kappa shape index (κ1) is 23.6. The topological polar surface area (TPSA) is 98.2 Å². The number of hydrogen-bond donors (Lipinski definition) is 1. The summed E-state index contributed by atoms with van der Waals surface area (Å²) in [7, 11) is 2.97. The molecule has 2 aromatic rings. The highest BCUT2D eigenvalue weighted by atomic mass is 32.2. The second kappa shape index (κ2) is 9.23. The van der Waals surface area contributed by atoms with Gasteiger partial charge in [0.25, 0.3) is 11.7 Å². The van der Waals surface area contributed by atoms with E-state index in [1.807, 2.05) is 37.2 Å². The fourth-order valence-electron chi connectivity index (χ4n) is 3.55. The Morgan fingerprint density at radius 1 is 0.969 bits per heavy atom. The van der Waals surface area contributed by atoms with Crippen molar-refractivity contribution >= 4 is 27.5 Å². The number of carbonyl (C=O) groups excluding carboxylic acids is 2. The number of likely N-dealkylation sites (tertiary alicyclic amines) is 1. The lowest BCUT2D eigenvalue weighted by molar-refractivity contribution is -0.140. The summed E-state index contributed by atoms with van der Waals surface area (Å²) in [5.74, 6) is -1.77. The molecule has 170 valence electrons. The van der Waals surface area contributed by atoms with Gasteiger partial charge in [0.2, 0.25) is 10.0 Å². The molecular formula is C23H27N3O5S. The molecule has 1 saturated heterocycles. The molecule has 1 atom stereocenters. The highest BCUT2D eigenvalue weighted by Gasteiger charge is 2.45. The fourth-order valence-corrected chi connectivity index (χ4v) is 4.45. The highest BCUT2D eigenvalue weighted by molar-refractivity contribution is 7.89. The summed E-state index contributed by atoms with van der Waals surface area (Å²) in [5.41, 5.74) is 0.955. The van der Waals surface area contributed by atoms with Crippen LogP contribution in [-0.2, 0) is 19.6 Å². The molecule has 2 aromatic carbocycles. The zero-order valence-corrected chi connectivity index (χ0v) is 19.3. The molecule has 0 radical (unpaired) electrons. The van der Waals surface area contributed by atoms with Crippen molar-refractivity contribution in [3.8, 4) is 0 Å². The predicted octanol–water partition coefficient (Wildman–Crippen LogP) is 1.92. The summed E-state index contributed by atoms with van der Waals surface area (Å²) in [6.07, 6.45) is 0. The number of nitrogens with zero attached hydrogens (tertiary/aromatic N) is 3. The van der Waals surface area contributed by atoms with E-state index in [0.717, 1.165) is 4.31 Å². The van der Waals surface area contributed by atoms with Gasteiger partial charge in [0.1, 0.15) is 5.76 Å². The molecule has 1 amide bonds. The SMILES string of the molecule is CN(C)CCN1C(=O)C(=O)C(=C(O)c2ccc(S(=O)(=O)N(C)C)cc2)C1c1ccccc1. The van der Waals surface area contributed by atoms with Crippen LogP contribution in [0.2, 0.25) is 0 Å². The van der Waals surface area contributed by atoms with Gasteiger partial charge in [0.05, 0.1) is 16.5 Å². The molecule has 1 heterocycles. The number of amides is 1. The normalized spacial score (nSPS) is 18.7. The van der Waals surface area contributed by atoms with Crippen molar-refractivity contribution < 1.29 is 23.1 Å². The number of hydrogen-bond acceptors (Lipinski definition) is 6. The molecule has 3 rings (SSSR count). The van der Waals surface area contributed by atoms with Gasteiger partial charge in [-0.25, -0.2) is 12.7 Å². The first-order chi connectivity index (χ1) is 15.1. The molecule has 0 bridgehead atoms. The molecule has 0 aromatic heterocycles. The largest absolute Gasteiger partial charge is 0.507 e. The van der Waals surface area contributed by atoms with E-state index in [1.54, 1.807) is 12.1 Å². The van der Waals surface area contributed by atoms with E-state index in [9.17, 15) is 23.1 Å². The summed E-state index contributed by atoms with van der Waals surface area (Å²) in [6, 6.07) is 13.9. The van der Waals surface area contributed by atoms with Crippen LogP contribution in [0.5, 0.6) is 0 Å². The van der Waals surface area contributed by atoms with Gasteiger partial charge in [0, 0.05) is 32.7 Å². The van der Waals surface area contributed by atoms with E-state index in [0.29, 0.717) is 18.7 Å². The highest BCUT2D eigenvalue weighted by Crippen LogP contribution is 2.39. The average Bonchev–Trinajstić information content (AvgIpc) is 3.02. The van der Waals surface area contributed by atoms with E-state index in [4.69, 9.17) is 0 Å². The van der Waals surface area contributed by atoms with Crippen molar-refractivity contribution in [3.05, 3.63) is 71.3 Å². The number of aliphatic hydroxyl groups excluding tert-OH is 1. The van der Waals surface area contributed by atoms with Crippen LogP contribution in [0.1, 0.15) is 17.2 Å². The standard InChI is InChI=1S/C23H27N3O5S/c1-24(2)14-15-26-20(16-8-6-5-7-9-16)19(22(28)23(26)29)21(27)17-10-12-18(13-11-17)32(30,31)25(3)4/h5-13,20,27H,14-15H2,1-4H3. The Morgan fingerprint density at radius 2 is 1.56 bits per heavy atom. The lowest BCUT2D eigenvalue weighted by atomic mass is 9.95. The Bertz CT molecular complexity index is 1140. The number of benzene rings is 2. The number of Topliss-reactive ketones (excluding diaryl/α,β-unsaturated/α-hetero) is 1. The number of carbonyl (C=O) groups is 2. The molecule has 1 fully saturated rings. The third-order valence-electron chi connectivity index (χ3n) is 5.35. The van der Waals surface area contributed by atoms with Gasteiger partial charge in [-0.2, -0.15) is 0 Å². The van der Waals surface area contributed by atoms with Crippen LogP contribution in [0.25, 0.3) is 5.76 Å². The number of ketones is 1. The van der Waals surface area contributed by atoms with E-state index in [1.165, 1.54) is 43.3 Å². The molecule has 1 aliphatic rings.